The second-order valence-electron chi connectivity index (χ2n) is 5.71. The van der Waals surface area contributed by atoms with Crippen LogP contribution in [-0.4, -0.2) is 14.3 Å². The van der Waals surface area contributed by atoms with E-state index in [1.165, 1.54) is 19.1 Å². The van der Waals surface area contributed by atoms with Gasteiger partial charge in [-0.1, -0.05) is 12.1 Å². The third-order valence-electron chi connectivity index (χ3n) is 3.65. The Labute approximate surface area is 155 Å². The van der Waals surface area contributed by atoms with Crippen LogP contribution in [-0.2, 0) is 22.4 Å². The van der Waals surface area contributed by atoms with Crippen LogP contribution < -0.4 is 10.5 Å². The van der Waals surface area contributed by atoms with Crippen molar-refractivity contribution in [2.45, 2.75) is 24.2 Å². The number of alkyl halides is 6. The quantitative estimate of drug-likeness (QED) is 0.726. The Hall–Kier alpha value is -2.76. The van der Waals surface area contributed by atoms with E-state index in [0.29, 0.717) is 0 Å². The molecule has 0 aliphatic heterocycles. The number of carbonyl (C=O) groups is 1. The fourth-order valence-electron chi connectivity index (χ4n) is 2.28. The van der Waals surface area contributed by atoms with Crippen LogP contribution in [0.5, 0.6) is 0 Å². The predicted molar refractivity (Wildman–Crippen MR) is 87.0 cm³/mol. The van der Waals surface area contributed by atoms with Crippen LogP contribution in [0.1, 0.15) is 27.0 Å². The molecule has 0 spiro atoms. The standard InChI is InChI=1S/C16H12F6N2O3S/c1-8-3-2-4-12(14(23)25)13(8)24-28(26,27)11-6-9(15(17,18)19)5-10(7-11)16(20,21)22/h2-7,24H,1H3,(H2,23,25). The number of primary amides is 1. The summed E-state index contributed by atoms with van der Waals surface area (Å²) in [6.45, 7) is 1.37. The van der Waals surface area contributed by atoms with Crippen LogP contribution in [0.4, 0.5) is 32.0 Å². The van der Waals surface area contributed by atoms with Gasteiger partial charge < -0.3 is 5.73 Å². The number of carbonyl (C=O) groups excluding carboxylic acids is 1. The summed E-state index contributed by atoms with van der Waals surface area (Å²) in [5.41, 5.74) is 1.09. The zero-order chi connectivity index (χ0) is 21.5. The van der Waals surface area contributed by atoms with Crippen LogP contribution in [0.25, 0.3) is 0 Å². The molecule has 5 nitrogen and oxygen atoms in total. The van der Waals surface area contributed by atoms with E-state index in [9.17, 15) is 39.6 Å². The van der Waals surface area contributed by atoms with Gasteiger partial charge in [-0.25, -0.2) is 8.42 Å². The molecule has 0 fully saturated rings. The lowest BCUT2D eigenvalue weighted by Crippen LogP contribution is -2.21. The first kappa shape index (κ1) is 21.5. The van der Waals surface area contributed by atoms with E-state index < -0.39 is 44.3 Å². The number of nitrogens with two attached hydrogens (primary N) is 1. The summed E-state index contributed by atoms with van der Waals surface area (Å²) in [5.74, 6) is -1.04. The number of benzene rings is 2. The fourth-order valence-corrected chi connectivity index (χ4v) is 3.51. The molecule has 3 N–H and O–H groups in total. The molecule has 0 aliphatic carbocycles. The Kier molecular flexibility index (Phi) is 5.39. The molecule has 2 aromatic rings. The van der Waals surface area contributed by atoms with Gasteiger partial charge in [0.25, 0.3) is 15.9 Å². The number of aryl methyl sites for hydroxylation is 1. The Morgan fingerprint density at radius 3 is 1.89 bits per heavy atom. The molecule has 0 atom stereocenters. The zero-order valence-corrected chi connectivity index (χ0v) is 14.8. The molecule has 2 aromatic carbocycles. The van der Waals surface area contributed by atoms with Crippen LogP contribution in [0.2, 0.25) is 0 Å². The molecule has 12 heteroatoms. The molecular weight excluding hydrogens is 414 g/mol. The smallest absolute Gasteiger partial charge is 0.366 e. The van der Waals surface area contributed by atoms with E-state index in [4.69, 9.17) is 5.73 Å². The van der Waals surface area contributed by atoms with Crippen molar-refractivity contribution in [2.24, 2.45) is 5.73 Å². The number of hydrogen-bond donors (Lipinski definition) is 2. The highest BCUT2D eigenvalue weighted by atomic mass is 32.2. The summed E-state index contributed by atoms with van der Waals surface area (Å²) in [4.78, 5) is 10.2. The van der Waals surface area contributed by atoms with E-state index in [2.05, 4.69) is 0 Å². The molecule has 0 heterocycles. The number of sulfonamides is 1. The highest BCUT2D eigenvalue weighted by Crippen LogP contribution is 2.37. The zero-order valence-electron chi connectivity index (χ0n) is 13.9. The van der Waals surface area contributed by atoms with Gasteiger partial charge in [-0.15, -0.1) is 0 Å². The fraction of sp³-hybridized carbons (Fsp3) is 0.188. The molecule has 152 valence electrons. The average molecular weight is 426 g/mol. The minimum Gasteiger partial charge on any atom is -0.366 e. The van der Waals surface area contributed by atoms with Crippen molar-refractivity contribution in [1.29, 1.82) is 0 Å². The Balaban J connectivity index is 2.66. The SMILES string of the molecule is Cc1cccc(C(N)=O)c1NS(=O)(=O)c1cc(C(F)(F)F)cc(C(F)(F)F)c1. The molecule has 0 radical (unpaired) electrons. The number of nitrogens with one attached hydrogen (secondary N) is 1. The number of amides is 1. The lowest BCUT2D eigenvalue weighted by Gasteiger charge is -2.17. The summed E-state index contributed by atoms with van der Waals surface area (Å²) in [6.07, 6.45) is -10.4. The van der Waals surface area contributed by atoms with E-state index in [0.717, 1.165) is 6.07 Å². The third-order valence-corrected chi connectivity index (χ3v) is 4.98. The Morgan fingerprint density at radius 2 is 1.46 bits per heavy atom. The first-order chi connectivity index (χ1) is 12.6. The highest BCUT2D eigenvalue weighted by Gasteiger charge is 2.38. The van der Waals surface area contributed by atoms with Crippen molar-refractivity contribution in [3.63, 3.8) is 0 Å². The molecule has 0 saturated carbocycles. The van der Waals surface area contributed by atoms with Gasteiger partial charge in [0.15, 0.2) is 0 Å². The van der Waals surface area contributed by atoms with Crippen LogP contribution in [0.15, 0.2) is 41.3 Å². The predicted octanol–water partition coefficient (Wildman–Crippen LogP) is 3.93. The summed E-state index contributed by atoms with van der Waals surface area (Å²) in [5, 5.41) is 0. The van der Waals surface area contributed by atoms with E-state index in [-0.39, 0.29) is 35.0 Å². The van der Waals surface area contributed by atoms with Crippen molar-refractivity contribution in [2.75, 3.05) is 4.72 Å². The summed E-state index contributed by atoms with van der Waals surface area (Å²) in [7, 11) is -4.92. The maximum atomic E-state index is 12.9. The minimum atomic E-state index is -5.22. The van der Waals surface area contributed by atoms with Crippen molar-refractivity contribution >= 4 is 21.6 Å². The molecule has 0 aromatic heterocycles. The topological polar surface area (TPSA) is 89.3 Å². The van der Waals surface area contributed by atoms with Crippen LogP contribution in [0, 0.1) is 6.92 Å². The molecule has 0 unspecified atom stereocenters. The Morgan fingerprint density at radius 1 is 0.964 bits per heavy atom. The monoisotopic (exact) mass is 426 g/mol. The normalized spacial score (nSPS) is 12.7. The number of anilines is 1. The maximum absolute atomic E-state index is 12.9. The highest BCUT2D eigenvalue weighted by molar-refractivity contribution is 7.92. The molecule has 0 bridgehead atoms. The molecule has 2 rings (SSSR count). The van der Waals surface area contributed by atoms with Crippen molar-refractivity contribution in [3.8, 4) is 0 Å². The first-order valence-electron chi connectivity index (χ1n) is 7.34. The molecular formula is C16H12F6N2O3S. The van der Waals surface area contributed by atoms with E-state index in [1.807, 2.05) is 4.72 Å². The maximum Gasteiger partial charge on any atom is 0.416 e. The number of hydrogen-bond acceptors (Lipinski definition) is 3. The number of rotatable bonds is 4. The number of para-hydroxylation sites is 1. The van der Waals surface area contributed by atoms with Gasteiger partial charge in [0, 0.05) is 0 Å². The third kappa shape index (κ3) is 4.55. The van der Waals surface area contributed by atoms with Gasteiger partial charge in [-0.05, 0) is 36.8 Å². The number of halogens is 6. The lowest BCUT2D eigenvalue weighted by atomic mass is 10.1. The van der Waals surface area contributed by atoms with Gasteiger partial charge in [0.1, 0.15) is 0 Å². The van der Waals surface area contributed by atoms with Crippen LogP contribution in [0.3, 0.4) is 0 Å². The summed E-state index contributed by atoms with van der Waals surface area (Å²) < 4.78 is 104. The second kappa shape index (κ2) is 7.00. The molecule has 1 amide bonds. The van der Waals surface area contributed by atoms with Gasteiger partial charge in [-0.2, -0.15) is 26.3 Å². The van der Waals surface area contributed by atoms with Gasteiger partial charge in [0.2, 0.25) is 0 Å². The Bertz CT molecular complexity index is 997. The second-order valence-corrected chi connectivity index (χ2v) is 7.39. The lowest BCUT2D eigenvalue weighted by molar-refractivity contribution is -0.143. The van der Waals surface area contributed by atoms with E-state index >= 15 is 0 Å². The molecule has 0 saturated heterocycles. The van der Waals surface area contributed by atoms with Crippen LogP contribution >= 0.6 is 0 Å². The largest absolute Gasteiger partial charge is 0.416 e. The average Bonchev–Trinajstić information content (AvgIpc) is 2.54. The van der Waals surface area contributed by atoms with Crippen molar-refractivity contribution in [1.82, 2.24) is 0 Å². The van der Waals surface area contributed by atoms with Gasteiger partial charge >= 0.3 is 12.4 Å². The first-order valence-corrected chi connectivity index (χ1v) is 8.83. The summed E-state index contributed by atoms with van der Waals surface area (Å²) >= 11 is 0. The minimum absolute atomic E-state index is 0.0692. The summed E-state index contributed by atoms with van der Waals surface area (Å²) in [6, 6.07) is 3.85. The molecule has 28 heavy (non-hydrogen) atoms. The van der Waals surface area contributed by atoms with Crippen molar-refractivity contribution < 1.29 is 39.6 Å². The molecule has 0 aliphatic rings. The van der Waals surface area contributed by atoms with Gasteiger partial charge in [-0.3, -0.25) is 9.52 Å². The van der Waals surface area contributed by atoms with Crippen molar-refractivity contribution in [3.05, 3.63) is 58.7 Å². The van der Waals surface area contributed by atoms with Gasteiger partial charge in [0.05, 0.1) is 27.3 Å². The van der Waals surface area contributed by atoms with E-state index in [1.54, 1.807) is 0 Å².